The molecule has 1 saturated heterocycles. The highest BCUT2D eigenvalue weighted by atomic mass is 19.1. The lowest BCUT2D eigenvalue weighted by Gasteiger charge is -2.27. The van der Waals surface area contributed by atoms with Gasteiger partial charge >= 0.3 is 0 Å². The second-order valence-corrected chi connectivity index (χ2v) is 4.97. The van der Waals surface area contributed by atoms with Crippen molar-refractivity contribution < 1.29 is 9.13 Å². The molecule has 1 unspecified atom stereocenters. The molecule has 1 aliphatic heterocycles. The Morgan fingerprint density at radius 2 is 2.21 bits per heavy atom. The summed E-state index contributed by atoms with van der Waals surface area (Å²) in [6.07, 6.45) is 3.43. The molecular formula is C13H17FN4O. The highest BCUT2D eigenvalue weighted by Crippen LogP contribution is 2.21. The number of hydrogen-bond acceptors (Lipinski definition) is 4. The Labute approximate surface area is 110 Å². The standard InChI is InChI=1S/C13H17FN4O/c1-9(10-4-6-19-7-5-10)15-13-16-12-3-2-11(14)8-18(12)17-13/h2-3,8-10H,4-7H2,1H3,(H,15,17). The van der Waals surface area contributed by atoms with Crippen molar-refractivity contribution in [2.24, 2.45) is 5.92 Å². The fourth-order valence-electron chi connectivity index (χ4n) is 2.46. The molecule has 6 heteroatoms. The van der Waals surface area contributed by atoms with Crippen molar-refractivity contribution in [1.82, 2.24) is 14.6 Å². The first-order valence-corrected chi connectivity index (χ1v) is 6.58. The molecule has 1 fully saturated rings. The maximum atomic E-state index is 13.1. The minimum atomic E-state index is -0.318. The van der Waals surface area contributed by atoms with E-state index >= 15 is 0 Å². The summed E-state index contributed by atoms with van der Waals surface area (Å²) >= 11 is 0. The lowest BCUT2D eigenvalue weighted by atomic mass is 9.93. The van der Waals surface area contributed by atoms with Crippen molar-refractivity contribution in [1.29, 1.82) is 0 Å². The Morgan fingerprint density at radius 1 is 1.42 bits per heavy atom. The van der Waals surface area contributed by atoms with Crippen LogP contribution in [0.2, 0.25) is 0 Å². The number of pyridine rings is 1. The quantitative estimate of drug-likeness (QED) is 0.922. The molecule has 0 amide bonds. The summed E-state index contributed by atoms with van der Waals surface area (Å²) in [5, 5.41) is 7.53. The van der Waals surface area contributed by atoms with E-state index in [1.165, 1.54) is 16.8 Å². The van der Waals surface area contributed by atoms with Gasteiger partial charge in [0.25, 0.3) is 0 Å². The van der Waals surface area contributed by atoms with Gasteiger partial charge in [0, 0.05) is 19.3 Å². The van der Waals surface area contributed by atoms with Gasteiger partial charge in [-0.3, -0.25) is 0 Å². The highest BCUT2D eigenvalue weighted by molar-refractivity contribution is 5.43. The van der Waals surface area contributed by atoms with Gasteiger partial charge in [0.2, 0.25) is 5.95 Å². The molecule has 0 radical (unpaired) electrons. The third kappa shape index (κ3) is 2.68. The van der Waals surface area contributed by atoms with Gasteiger partial charge in [-0.2, -0.15) is 4.98 Å². The Hall–Kier alpha value is -1.69. The van der Waals surface area contributed by atoms with Crippen molar-refractivity contribution in [3.63, 3.8) is 0 Å². The van der Waals surface area contributed by atoms with Crippen molar-refractivity contribution in [2.75, 3.05) is 18.5 Å². The van der Waals surface area contributed by atoms with Crippen LogP contribution in [-0.4, -0.2) is 33.9 Å². The fourth-order valence-corrected chi connectivity index (χ4v) is 2.46. The summed E-state index contributed by atoms with van der Waals surface area (Å²) in [5.41, 5.74) is 0.642. The highest BCUT2D eigenvalue weighted by Gasteiger charge is 2.21. The molecule has 5 nitrogen and oxygen atoms in total. The number of halogens is 1. The first kappa shape index (κ1) is 12.3. The molecule has 0 saturated carbocycles. The zero-order valence-electron chi connectivity index (χ0n) is 10.8. The third-order valence-electron chi connectivity index (χ3n) is 3.62. The zero-order chi connectivity index (χ0) is 13.2. The van der Waals surface area contributed by atoms with Gasteiger partial charge in [0.15, 0.2) is 5.65 Å². The smallest absolute Gasteiger partial charge is 0.243 e. The maximum Gasteiger partial charge on any atom is 0.243 e. The Morgan fingerprint density at radius 3 is 3.00 bits per heavy atom. The summed E-state index contributed by atoms with van der Waals surface area (Å²) in [6, 6.07) is 3.29. The second-order valence-electron chi connectivity index (χ2n) is 4.97. The number of rotatable bonds is 3. The molecule has 19 heavy (non-hydrogen) atoms. The van der Waals surface area contributed by atoms with Crippen molar-refractivity contribution in [3.8, 4) is 0 Å². The van der Waals surface area contributed by atoms with E-state index in [-0.39, 0.29) is 11.9 Å². The Bertz CT molecular complexity index is 565. The molecule has 102 valence electrons. The van der Waals surface area contributed by atoms with Crippen LogP contribution < -0.4 is 5.32 Å². The number of anilines is 1. The Kier molecular flexibility index (Phi) is 3.33. The van der Waals surface area contributed by atoms with Gasteiger partial charge < -0.3 is 10.1 Å². The topological polar surface area (TPSA) is 51.5 Å². The van der Waals surface area contributed by atoms with Gasteiger partial charge in [0.05, 0.1) is 6.20 Å². The average molecular weight is 264 g/mol. The first-order chi connectivity index (χ1) is 9.22. The predicted molar refractivity (Wildman–Crippen MR) is 69.6 cm³/mol. The van der Waals surface area contributed by atoms with Crippen LogP contribution in [0.25, 0.3) is 5.65 Å². The fraction of sp³-hybridized carbons (Fsp3) is 0.538. The van der Waals surface area contributed by atoms with Crippen LogP contribution in [0.4, 0.5) is 10.3 Å². The number of hydrogen-bond donors (Lipinski definition) is 1. The minimum absolute atomic E-state index is 0.283. The van der Waals surface area contributed by atoms with Crippen molar-refractivity contribution >= 4 is 11.6 Å². The Balaban J connectivity index is 1.73. The predicted octanol–water partition coefficient (Wildman–Crippen LogP) is 2.10. The van der Waals surface area contributed by atoms with Crippen LogP contribution in [0.3, 0.4) is 0 Å². The van der Waals surface area contributed by atoms with Crippen LogP contribution in [0, 0.1) is 11.7 Å². The third-order valence-corrected chi connectivity index (χ3v) is 3.62. The van der Waals surface area contributed by atoms with Gasteiger partial charge in [-0.1, -0.05) is 0 Å². The number of ether oxygens (including phenoxy) is 1. The first-order valence-electron chi connectivity index (χ1n) is 6.58. The maximum absolute atomic E-state index is 13.1. The zero-order valence-corrected chi connectivity index (χ0v) is 10.8. The van der Waals surface area contributed by atoms with E-state index in [0.717, 1.165) is 26.1 Å². The molecule has 0 bridgehead atoms. The molecule has 1 atom stereocenters. The molecule has 2 aromatic rings. The molecule has 0 aromatic carbocycles. The van der Waals surface area contributed by atoms with E-state index in [1.807, 2.05) is 0 Å². The molecule has 1 aliphatic rings. The van der Waals surface area contributed by atoms with Gasteiger partial charge in [-0.15, -0.1) is 5.10 Å². The van der Waals surface area contributed by atoms with E-state index in [9.17, 15) is 4.39 Å². The van der Waals surface area contributed by atoms with Crippen LogP contribution in [-0.2, 0) is 4.74 Å². The largest absolute Gasteiger partial charge is 0.381 e. The number of fused-ring (bicyclic) bond motifs is 1. The van der Waals surface area contributed by atoms with E-state index < -0.39 is 0 Å². The SMILES string of the molecule is CC(Nc1nc2ccc(F)cn2n1)C1CCOCC1. The molecule has 0 aliphatic carbocycles. The van der Waals surface area contributed by atoms with Crippen LogP contribution >= 0.6 is 0 Å². The lowest BCUT2D eigenvalue weighted by molar-refractivity contribution is 0.0621. The van der Waals surface area contributed by atoms with Gasteiger partial charge in [0.1, 0.15) is 5.82 Å². The second kappa shape index (κ2) is 5.13. The molecule has 1 N–H and O–H groups in total. The molecule has 3 heterocycles. The van der Waals surface area contributed by atoms with E-state index in [0.29, 0.717) is 17.5 Å². The number of nitrogens with zero attached hydrogens (tertiary/aromatic N) is 3. The normalized spacial score (nSPS) is 18.6. The minimum Gasteiger partial charge on any atom is -0.381 e. The molecular weight excluding hydrogens is 247 g/mol. The monoisotopic (exact) mass is 264 g/mol. The summed E-state index contributed by atoms with van der Waals surface area (Å²) in [4.78, 5) is 4.33. The van der Waals surface area contributed by atoms with Crippen LogP contribution in [0.1, 0.15) is 19.8 Å². The molecule has 2 aromatic heterocycles. The van der Waals surface area contributed by atoms with E-state index in [2.05, 4.69) is 22.3 Å². The molecule has 0 spiro atoms. The van der Waals surface area contributed by atoms with E-state index in [4.69, 9.17) is 4.74 Å². The summed E-state index contributed by atoms with van der Waals surface area (Å²) < 4.78 is 19.9. The summed E-state index contributed by atoms with van der Waals surface area (Å²) in [5.74, 6) is 0.795. The summed E-state index contributed by atoms with van der Waals surface area (Å²) in [7, 11) is 0. The van der Waals surface area contributed by atoms with E-state index in [1.54, 1.807) is 6.07 Å². The number of aromatic nitrogens is 3. The van der Waals surface area contributed by atoms with Gasteiger partial charge in [-0.25, -0.2) is 8.91 Å². The van der Waals surface area contributed by atoms with Gasteiger partial charge in [-0.05, 0) is 37.8 Å². The number of nitrogens with one attached hydrogen (secondary N) is 1. The summed E-state index contributed by atoms with van der Waals surface area (Å²) in [6.45, 7) is 3.77. The van der Waals surface area contributed by atoms with Crippen molar-refractivity contribution in [2.45, 2.75) is 25.8 Å². The molecule has 3 rings (SSSR count). The lowest BCUT2D eigenvalue weighted by Crippen LogP contribution is -2.31. The van der Waals surface area contributed by atoms with Crippen molar-refractivity contribution in [3.05, 3.63) is 24.1 Å². The van der Waals surface area contributed by atoms with Crippen LogP contribution in [0.15, 0.2) is 18.3 Å². The average Bonchev–Trinajstić information content (AvgIpc) is 2.81. The van der Waals surface area contributed by atoms with Crippen LogP contribution in [0.5, 0.6) is 0 Å².